The SMILES string of the molecule is CCCn1c(C)cc(C(=O)CSc2nnc(N3CCOCC3)s2)c1C. The molecule has 1 aliphatic heterocycles. The number of thioether (sulfide) groups is 1. The third-order valence-electron chi connectivity index (χ3n) is 4.33. The third-order valence-corrected chi connectivity index (χ3v) is 6.44. The van der Waals surface area contributed by atoms with Crippen LogP contribution in [0.4, 0.5) is 5.13 Å². The quantitative estimate of drug-likeness (QED) is 0.543. The van der Waals surface area contributed by atoms with E-state index in [1.165, 1.54) is 11.8 Å². The summed E-state index contributed by atoms with van der Waals surface area (Å²) in [5, 5.41) is 9.39. The van der Waals surface area contributed by atoms with Crippen LogP contribution in [0.1, 0.15) is 35.1 Å². The van der Waals surface area contributed by atoms with Crippen molar-refractivity contribution in [3.63, 3.8) is 0 Å². The molecule has 0 atom stereocenters. The van der Waals surface area contributed by atoms with Crippen molar-refractivity contribution < 1.29 is 9.53 Å². The summed E-state index contributed by atoms with van der Waals surface area (Å²) in [5.74, 6) is 0.553. The highest BCUT2D eigenvalue weighted by atomic mass is 32.2. The molecule has 3 rings (SSSR count). The van der Waals surface area contributed by atoms with Crippen molar-refractivity contribution in [2.75, 3.05) is 37.0 Å². The summed E-state index contributed by atoms with van der Waals surface area (Å²) < 4.78 is 8.43. The summed E-state index contributed by atoms with van der Waals surface area (Å²) in [7, 11) is 0. The highest BCUT2D eigenvalue weighted by Gasteiger charge is 2.18. The van der Waals surface area contributed by atoms with Crippen LogP contribution in [0.5, 0.6) is 0 Å². The average molecular weight is 381 g/mol. The van der Waals surface area contributed by atoms with Gasteiger partial charge in [-0.15, -0.1) is 10.2 Å². The predicted molar refractivity (Wildman–Crippen MR) is 102 cm³/mol. The molecule has 25 heavy (non-hydrogen) atoms. The summed E-state index contributed by atoms with van der Waals surface area (Å²) >= 11 is 3.02. The van der Waals surface area contributed by atoms with E-state index >= 15 is 0 Å². The molecule has 3 heterocycles. The number of nitrogens with zero attached hydrogens (tertiary/aromatic N) is 4. The van der Waals surface area contributed by atoms with Gasteiger partial charge < -0.3 is 14.2 Å². The topological polar surface area (TPSA) is 60.2 Å². The van der Waals surface area contributed by atoms with Gasteiger partial charge in [-0.05, 0) is 26.3 Å². The van der Waals surface area contributed by atoms with E-state index in [2.05, 4.69) is 33.5 Å². The average Bonchev–Trinajstić information content (AvgIpc) is 3.21. The van der Waals surface area contributed by atoms with Crippen LogP contribution >= 0.6 is 23.1 Å². The Morgan fingerprint density at radius 1 is 1.32 bits per heavy atom. The first-order valence-corrected chi connectivity index (χ1v) is 10.4. The van der Waals surface area contributed by atoms with Crippen LogP contribution in [0.15, 0.2) is 10.4 Å². The minimum absolute atomic E-state index is 0.156. The fourth-order valence-electron chi connectivity index (χ4n) is 3.00. The van der Waals surface area contributed by atoms with Crippen LogP contribution in [-0.2, 0) is 11.3 Å². The van der Waals surface area contributed by atoms with Crippen LogP contribution in [0.2, 0.25) is 0 Å². The number of hydrogen-bond acceptors (Lipinski definition) is 7. The van der Waals surface area contributed by atoms with Gasteiger partial charge in [0.05, 0.1) is 19.0 Å². The molecule has 0 radical (unpaired) electrons. The molecule has 0 aromatic carbocycles. The van der Waals surface area contributed by atoms with Crippen LogP contribution < -0.4 is 4.90 Å². The fraction of sp³-hybridized carbons (Fsp3) is 0.588. The molecule has 0 unspecified atom stereocenters. The minimum Gasteiger partial charge on any atom is -0.378 e. The van der Waals surface area contributed by atoms with E-state index < -0.39 is 0 Å². The Kier molecular flexibility index (Phi) is 6.14. The van der Waals surface area contributed by atoms with Gasteiger partial charge in [-0.25, -0.2) is 0 Å². The van der Waals surface area contributed by atoms with Crippen molar-refractivity contribution in [3.8, 4) is 0 Å². The van der Waals surface area contributed by atoms with Gasteiger partial charge >= 0.3 is 0 Å². The maximum atomic E-state index is 12.6. The number of aryl methyl sites for hydroxylation is 1. The van der Waals surface area contributed by atoms with Gasteiger partial charge in [0, 0.05) is 36.6 Å². The molecule has 2 aromatic heterocycles. The minimum atomic E-state index is 0.156. The van der Waals surface area contributed by atoms with Crippen molar-refractivity contribution in [1.29, 1.82) is 0 Å². The number of Topliss-reactive ketones (excluding diaryl/α,β-unsaturated/α-hetero) is 1. The molecule has 0 amide bonds. The molecule has 1 fully saturated rings. The monoisotopic (exact) mass is 380 g/mol. The molecule has 1 aliphatic rings. The first kappa shape index (κ1) is 18.4. The molecule has 2 aromatic rings. The first-order valence-electron chi connectivity index (χ1n) is 8.59. The maximum Gasteiger partial charge on any atom is 0.209 e. The Bertz CT molecular complexity index is 735. The van der Waals surface area contributed by atoms with Gasteiger partial charge in [0.2, 0.25) is 5.13 Å². The molecule has 0 saturated carbocycles. The molecule has 136 valence electrons. The lowest BCUT2D eigenvalue weighted by Gasteiger charge is -2.25. The number of morpholine rings is 1. The van der Waals surface area contributed by atoms with E-state index in [0.29, 0.717) is 5.75 Å². The molecule has 0 aliphatic carbocycles. The van der Waals surface area contributed by atoms with Crippen molar-refractivity contribution >= 4 is 34.0 Å². The van der Waals surface area contributed by atoms with Gasteiger partial charge in [0.25, 0.3) is 0 Å². The van der Waals surface area contributed by atoms with Gasteiger partial charge in [-0.1, -0.05) is 30.0 Å². The number of ether oxygens (including phenoxy) is 1. The molecule has 8 heteroatoms. The van der Waals surface area contributed by atoms with Crippen LogP contribution in [-0.4, -0.2) is 52.6 Å². The van der Waals surface area contributed by atoms with Crippen LogP contribution in [0.3, 0.4) is 0 Å². The summed E-state index contributed by atoms with van der Waals surface area (Å²) in [6, 6.07) is 2.01. The van der Waals surface area contributed by atoms with Gasteiger partial charge in [-0.2, -0.15) is 0 Å². The smallest absolute Gasteiger partial charge is 0.209 e. The Balaban J connectivity index is 1.61. The van der Waals surface area contributed by atoms with Crippen LogP contribution in [0, 0.1) is 13.8 Å². The number of carbonyl (C=O) groups is 1. The molecule has 1 saturated heterocycles. The molecule has 6 nitrogen and oxygen atoms in total. The van der Waals surface area contributed by atoms with E-state index in [-0.39, 0.29) is 5.78 Å². The van der Waals surface area contributed by atoms with Gasteiger partial charge in [-0.3, -0.25) is 4.79 Å². The summed E-state index contributed by atoms with van der Waals surface area (Å²) in [5.41, 5.74) is 3.05. The summed E-state index contributed by atoms with van der Waals surface area (Å²) in [4.78, 5) is 14.8. The standard InChI is InChI=1S/C17H24N4O2S2/c1-4-5-21-12(2)10-14(13(21)3)15(22)11-24-17-19-18-16(25-17)20-6-8-23-9-7-20/h10H,4-9,11H2,1-3H3. The highest BCUT2D eigenvalue weighted by Crippen LogP contribution is 2.29. The fourth-order valence-corrected chi connectivity index (χ4v) is 4.78. The van der Waals surface area contributed by atoms with E-state index in [0.717, 1.165) is 65.7 Å². The van der Waals surface area contributed by atoms with Gasteiger partial charge in [0.15, 0.2) is 10.1 Å². The lowest BCUT2D eigenvalue weighted by molar-refractivity contribution is 0.102. The zero-order valence-electron chi connectivity index (χ0n) is 14.9. The normalized spacial score (nSPS) is 14.9. The molecule has 0 spiro atoms. The molecule has 0 N–H and O–H groups in total. The largest absolute Gasteiger partial charge is 0.378 e. The number of anilines is 1. The highest BCUT2D eigenvalue weighted by molar-refractivity contribution is 8.01. The first-order chi connectivity index (χ1) is 12.1. The van der Waals surface area contributed by atoms with E-state index in [9.17, 15) is 4.79 Å². The second-order valence-electron chi connectivity index (χ2n) is 6.10. The maximum absolute atomic E-state index is 12.6. The number of carbonyl (C=O) groups excluding carboxylic acids is 1. The second-order valence-corrected chi connectivity index (χ2v) is 8.28. The van der Waals surface area contributed by atoms with Gasteiger partial charge in [0.1, 0.15) is 0 Å². The van der Waals surface area contributed by atoms with E-state index in [1.54, 1.807) is 11.3 Å². The Morgan fingerprint density at radius 3 is 2.80 bits per heavy atom. The molecular weight excluding hydrogens is 356 g/mol. The summed E-state index contributed by atoms with van der Waals surface area (Å²) in [6.45, 7) is 10.4. The molecule has 0 bridgehead atoms. The summed E-state index contributed by atoms with van der Waals surface area (Å²) in [6.07, 6.45) is 1.06. The van der Waals surface area contributed by atoms with Crippen LogP contribution in [0.25, 0.3) is 0 Å². The van der Waals surface area contributed by atoms with Crippen molar-refractivity contribution in [3.05, 3.63) is 23.0 Å². The number of ketones is 1. The zero-order chi connectivity index (χ0) is 17.8. The third kappa shape index (κ3) is 4.24. The second kappa shape index (κ2) is 8.33. The lowest BCUT2D eigenvalue weighted by atomic mass is 10.2. The number of rotatable bonds is 7. The van der Waals surface area contributed by atoms with Crippen molar-refractivity contribution in [1.82, 2.24) is 14.8 Å². The van der Waals surface area contributed by atoms with E-state index in [4.69, 9.17) is 4.74 Å². The Morgan fingerprint density at radius 2 is 2.08 bits per heavy atom. The Hall–Kier alpha value is -1.38. The van der Waals surface area contributed by atoms with Crippen molar-refractivity contribution in [2.24, 2.45) is 0 Å². The van der Waals surface area contributed by atoms with Crippen molar-refractivity contribution in [2.45, 2.75) is 38.1 Å². The number of aromatic nitrogens is 3. The Labute approximate surface area is 156 Å². The zero-order valence-corrected chi connectivity index (χ0v) is 16.6. The lowest BCUT2D eigenvalue weighted by Crippen LogP contribution is -2.36. The number of hydrogen-bond donors (Lipinski definition) is 0. The molecular formula is C17H24N4O2S2. The predicted octanol–water partition coefficient (Wildman–Crippen LogP) is 3.18. The van der Waals surface area contributed by atoms with E-state index in [1.807, 2.05) is 13.0 Å².